The van der Waals surface area contributed by atoms with Crippen molar-refractivity contribution in [2.45, 2.75) is 52.4 Å². The summed E-state index contributed by atoms with van der Waals surface area (Å²) in [6.07, 6.45) is 3.05. The molecule has 3 heteroatoms. The van der Waals surface area contributed by atoms with E-state index in [0.29, 0.717) is 0 Å². The van der Waals surface area contributed by atoms with Crippen molar-refractivity contribution < 1.29 is 14.3 Å². The third kappa shape index (κ3) is 2.33. The first kappa shape index (κ1) is 15.9. The maximum absolute atomic E-state index is 12.3. The summed E-state index contributed by atoms with van der Waals surface area (Å²) in [4.78, 5) is 12.3. The topological polar surface area (TPSA) is 35.5 Å². The second-order valence-corrected chi connectivity index (χ2v) is 6.80. The molecule has 0 radical (unpaired) electrons. The van der Waals surface area contributed by atoms with Crippen molar-refractivity contribution in [1.29, 1.82) is 0 Å². The molecule has 21 heavy (non-hydrogen) atoms. The lowest BCUT2D eigenvalue weighted by Crippen LogP contribution is -2.47. The number of hydrogen-bond acceptors (Lipinski definition) is 3. The summed E-state index contributed by atoms with van der Waals surface area (Å²) in [5, 5.41) is 0. The van der Waals surface area contributed by atoms with Gasteiger partial charge < -0.3 is 9.47 Å². The van der Waals surface area contributed by atoms with E-state index in [1.54, 1.807) is 7.11 Å². The predicted octanol–water partition coefficient (Wildman–Crippen LogP) is 3.80. The Bertz CT molecular complexity index is 560. The number of benzene rings is 1. The van der Waals surface area contributed by atoms with Gasteiger partial charge in [-0.3, -0.25) is 4.79 Å². The number of carbonyl (C=O) groups is 1. The summed E-state index contributed by atoms with van der Waals surface area (Å²) < 4.78 is 10.6. The number of fused-ring (bicyclic) bond motifs is 1. The number of carbonyl (C=O) groups excluding carboxylic acids is 1. The Labute approximate surface area is 127 Å². The van der Waals surface area contributed by atoms with Gasteiger partial charge in [0.05, 0.1) is 19.6 Å². The van der Waals surface area contributed by atoms with E-state index < -0.39 is 5.41 Å². The van der Waals surface area contributed by atoms with Gasteiger partial charge in [0.25, 0.3) is 0 Å². The van der Waals surface area contributed by atoms with Crippen LogP contribution in [0.4, 0.5) is 0 Å². The molecule has 1 aromatic carbocycles. The average molecular weight is 290 g/mol. The zero-order valence-corrected chi connectivity index (χ0v) is 14.0. The number of methoxy groups -OCH3 is 2. The Kier molecular flexibility index (Phi) is 4.05. The second kappa shape index (κ2) is 5.36. The van der Waals surface area contributed by atoms with Crippen LogP contribution in [0.1, 0.15) is 50.3 Å². The highest BCUT2D eigenvalue weighted by atomic mass is 16.5. The SMILES string of the molecule is COC(=O)C(C)(C)C1(C)CCCc2c(OC)cc(C)cc21. The van der Waals surface area contributed by atoms with Crippen LogP contribution in [0.25, 0.3) is 0 Å². The highest BCUT2D eigenvalue weighted by molar-refractivity contribution is 5.78. The summed E-state index contributed by atoms with van der Waals surface area (Å²) >= 11 is 0. The number of aryl methyl sites for hydroxylation is 1. The van der Waals surface area contributed by atoms with Crippen LogP contribution in [0.2, 0.25) is 0 Å². The zero-order chi connectivity index (χ0) is 15.8. The van der Waals surface area contributed by atoms with Crippen molar-refractivity contribution in [2.75, 3.05) is 14.2 Å². The molecule has 0 aromatic heterocycles. The smallest absolute Gasteiger partial charge is 0.312 e. The van der Waals surface area contributed by atoms with Crippen molar-refractivity contribution in [3.63, 3.8) is 0 Å². The molecule has 0 bridgehead atoms. The molecule has 1 aromatic rings. The lowest BCUT2D eigenvalue weighted by atomic mass is 9.57. The van der Waals surface area contributed by atoms with E-state index in [4.69, 9.17) is 9.47 Å². The summed E-state index contributed by atoms with van der Waals surface area (Å²) in [5.74, 6) is 0.787. The Morgan fingerprint density at radius 1 is 1.29 bits per heavy atom. The second-order valence-electron chi connectivity index (χ2n) is 6.80. The van der Waals surface area contributed by atoms with Gasteiger partial charge in [0.1, 0.15) is 5.75 Å². The summed E-state index contributed by atoms with van der Waals surface area (Å²) in [5.41, 5.74) is 2.83. The van der Waals surface area contributed by atoms with E-state index in [2.05, 4.69) is 26.0 Å². The number of hydrogen-bond donors (Lipinski definition) is 0. The maximum Gasteiger partial charge on any atom is 0.312 e. The average Bonchev–Trinajstić information content (AvgIpc) is 2.46. The van der Waals surface area contributed by atoms with E-state index in [-0.39, 0.29) is 11.4 Å². The number of rotatable bonds is 3. The molecule has 3 nitrogen and oxygen atoms in total. The lowest BCUT2D eigenvalue weighted by molar-refractivity contribution is -0.155. The van der Waals surface area contributed by atoms with Crippen molar-refractivity contribution in [3.8, 4) is 5.75 Å². The van der Waals surface area contributed by atoms with Gasteiger partial charge in [0.15, 0.2) is 0 Å². The monoisotopic (exact) mass is 290 g/mol. The van der Waals surface area contributed by atoms with Crippen LogP contribution in [0.3, 0.4) is 0 Å². The molecule has 0 amide bonds. The van der Waals surface area contributed by atoms with Crippen LogP contribution in [0.5, 0.6) is 5.75 Å². The summed E-state index contributed by atoms with van der Waals surface area (Å²) in [7, 11) is 3.18. The first-order chi connectivity index (χ1) is 9.77. The lowest BCUT2D eigenvalue weighted by Gasteiger charge is -2.46. The molecular formula is C18H26O3. The van der Waals surface area contributed by atoms with E-state index in [0.717, 1.165) is 25.0 Å². The largest absolute Gasteiger partial charge is 0.496 e. The van der Waals surface area contributed by atoms with Crippen molar-refractivity contribution in [2.24, 2.45) is 5.41 Å². The molecule has 116 valence electrons. The first-order valence-corrected chi connectivity index (χ1v) is 7.54. The van der Waals surface area contributed by atoms with E-state index >= 15 is 0 Å². The van der Waals surface area contributed by atoms with E-state index in [1.165, 1.54) is 23.8 Å². The summed E-state index contributed by atoms with van der Waals surface area (Å²) in [6.45, 7) is 8.23. The molecule has 0 saturated carbocycles. The molecule has 0 aliphatic heterocycles. The molecule has 0 saturated heterocycles. The highest BCUT2D eigenvalue weighted by Gasteiger charge is 2.50. The molecule has 0 spiro atoms. The Balaban J connectivity index is 2.66. The van der Waals surface area contributed by atoms with Gasteiger partial charge in [-0.2, -0.15) is 0 Å². The van der Waals surface area contributed by atoms with Crippen LogP contribution in [0.15, 0.2) is 12.1 Å². The van der Waals surface area contributed by atoms with Crippen LogP contribution in [0, 0.1) is 12.3 Å². The molecule has 1 atom stereocenters. The molecule has 0 heterocycles. The molecule has 1 aliphatic carbocycles. The third-order valence-corrected chi connectivity index (χ3v) is 5.35. The fourth-order valence-electron chi connectivity index (χ4n) is 3.60. The molecular weight excluding hydrogens is 264 g/mol. The van der Waals surface area contributed by atoms with E-state index in [1.807, 2.05) is 13.8 Å². The minimum absolute atomic E-state index is 0.154. The van der Waals surface area contributed by atoms with Gasteiger partial charge in [-0.15, -0.1) is 0 Å². The molecule has 1 unspecified atom stereocenters. The number of esters is 1. The van der Waals surface area contributed by atoms with Crippen molar-refractivity contribution in [3.05, 3.63) is 28.8 Å². The van der Waals surface area contributed by atoms with Crippen LogP contribution in [-0.4, -0.2) is 20.2 Å². The molecule has 1 aliphatic rings. The van der Waals surface area contributed by atoms with Crippen molar-refractivity contribution >= 4 is 5.97 Å². The normalized spacial score (nSPS) is 21.6. The minimum atomic E-state index is -0.574. The van der Waals surface area contributed by atoms with Gasteiger partial charge in [-0.05, 0) is 62.8 Å². The predicted molar refractivity (Wildman–Crippen MR) is 83.8 cm³/mol. The van der Waals surface area contributed by atoms with Crippen LogP contribution >= 0.6 is 0 Å². The zero-order valence-electron chi connectivity index (χ0n) is 14.0. The Hall–Kier alpha value is -1.51. The van der Waals surface area contributed by atoms with Crippen molar-refractivity contribution in [1.82, 2.24) is 0 Å². The minimum Gasteiger partial charge on any atom is -0.496 e. The first-order valence-electron chi connectivity index (χ1n) is 7.54. The fourth-order valence-corrected chi connectivity index (χ4v) is 3.60. The highest BCUT2D eigenvalue weighted by Crippen LogP contribution is 2.51. The van der Waals surface area contributed by atoms with Gasteiger partial charge in [-0.25, -0.2) is 0 Å². The summed E-state index contributed by atoms with van der Waals surface area (Å²) in [6, 6.07) is 4.29. The number of ether oxygens (including phenoxy) is 2. The van der Waals surface area contributed by atoms with Gasteiger partial charge in [0, 0.05) is 5.41 Å². The molecule has 2 rings (SSSR count). The molecule has 0 N–H and O–H groups in total. The maximum atomic E-state index is 12.3. The van der Waals surface area contributed by atoms with E-state index in [9.17, 15) is 4.79 Å². The Morgan fingerprint density at radius 2 is 1.95 bits per heavy atom. The van der Waals surface area contributed by atoms with Crippen LogP contribution in [-0.2, 0) is 21.4 Å². The van der Waals surface area contributed by atoms with Gasteiger partial charge in [-0.1, -0.05) is 13.0 Å². The van der Waals surface area contributed by atoms with Gasteiger partial charge in [0.2, 0.25) is 0 Å². The molecule has 0 fully saturated rings. The van der Waals surface area contributed by atoms with Crippen LogP contribution < -0.4 is 4.74 Å². The third-order valence-electron chi connectivity index (χ3n) is 5.35. The standard InChI is InChI=1S/C18H26O3/c1-12-10-14-13(15(11-12)20-5)8-7-9-18(14,4)17(2,3)16(19)21-6/h10-11H,7-9H2,1-6H3. The quantitative estimate of drug-likeness (QED) is 0.794. The Morgan fingerprint density at radius 3 is 2.52 bits per heavy atom. The fraction of sp³-hybridized carbons (Fsp3) is 0.611. The van der Waals surface area contributed by atoms with Gasteiger partial charge >= 0.3 is 5.97 Å².